The summed E-state index contributed by atoms with van der Waals surface area (Å²) in [5.41, 5.74) is -4.30. The summed E-state index contributed by atoms with van der Waals surface area (Å²) in [5, 5.41) is 2.41. The van der Waals surface area contributed by atoms with Gasteiger partial charge in [-0.1, -0.05) is 17.7 Å². The second-order valence-electron chi connectivity index (χ2n) is 7.04. The van der Waals surface area contributed by atoms with Gasteiger partial charge in [0, 0.05) is 29.0 Å². The molecule has 34 heavy (non-hydrogen) atoms. The van der Waals surface area contributed by atoms with Gasteiger partial charge in [0.15, 0.2) is 4.90 Å². The summed E-state index contributed by atoms with van der Waals surface area (Å²) >= 11 is 5.76. The summed E-state index contributed by atoms with van der Waals surface area (Å²) in [4.78, 5) is 30.2. The van der Waals surface area contributed by atoms with Gasteiger partial charge in [-0.3, -0.25) is 9.59 Å². The molecule has 1 aromatic heterocycles. The lowest BCUT2D eigenvalue weighted by Crippen LogP contribution is -2.27. The zero-order valence-corrected chi connectivity index (χ0v) is 20.8. The molecule has 0 saturated carbocycles. The Hall–Kier alpha value is -2.60. The van der Waals surface area contributed by atoms with Crippen LogP contribution in [0.15, 0.2) is 64.1 Å². The molecule has 12 heteroatoms. The van der Waals surface area contributed by atoms with Crippen molar-refractivity contribution < 1.29 is 27.3 Å². The molecule has 0 radical (unpaired) electrons. The molecule has 2 amide bonds. The van der Waals surface area contributed by atoms with E-state index in [9.17, 15) is 27.3 Å². The van der Waals surface area contributed by atoms with Gasteiger partial charge in [-0.25, -0.2) is 4.98 Å². The third-order valence-corrected chi connectivity index (χ3v) is 6.71. The first-order valence-electron chi connectivity index (χ1n) is 9.49. The minimum atomic E-state index is -5.01. The van der Waals surface area contributed by atoms with Crippen LogP contribution in [0.2, 0.25) is 5.15 Å². The summed E-state index contributed by atoms with van der Waals surface area (Å²) in [6.07, 6.45) is 1.44. The molecule has 1 atom stereocenters. The van der Waals surface area contributed by atoms with Crippen LogP contribution in [0.5, 0.6) is 0 Å². The van der Waals surface area contributed by atoms with Gasteiger partial charge in [0.1, 0.15) is 22.0 Å². The first kappa shape index (κ1) is 26.0. The third-order valence-electron chi connectivity index (χ3n) is 4.64. The number of aromatic nitrogens is 1. The highest BCUT2D eigenvalue weighted by molar-refractivity contribution is 9.10. The fourth-order valence-electron chi connectivity index (χ4n) is 2.99. The number of aryl methyl sites for hydroxylation is 1. The number of hydrogen-bond acceptors (Lipinski definition) is 4. The van der Waals surface area contributed by atoms with Gasteiger partial charge in [-0.15, -0.1) is 13.2 Å². The summed E-state index contributed by atoms with van der Waals surface area (Å²) in [7, 11) is 1.48. The van der Waals surface area contributed by atoms with Crippen molar-refractivity contribution in [1.29, 1.82) is 0 Å². The van der Waals surface area contributed by atoms with Gasteiger partial charge in [0.05, 0.1) is 5.56 Å². The molecule has 2 aromatic carbocycles. The Morgan fingerprint density at radius 2 is 1.88 bits per heavy atom. The van der Waals surface area contributed by atoms with Crippen LogP contribution in [0.1, 0.15) is 26.3 Å². The Bertz CT molecular complexity index is 1260. The minimum Gasteiger partial charge on any atom is -0.604 e. The average molecular weight is 575 g/mol. The number of halogens is 5. The molecule has 1 heterocycles. The van der Waals surface area contributed by atoms with Crippen LogP contribution in [0, 0.1) is 6.92 Å². The maximum Gasteiger partial charge on any atom is 0.578 e. The van der Waals surface area contributed by atoms with Gasteiger partial charge in [-0.2, -0.15) is 0 Å². The third kappa shape index (κ3) is 5.72. The van der Waals surface area contributed by atoms with Gasteiger partial charge < -0.3 is 14.8 Å². The molecular weight excluding hydrogens is 559 g/mol. The smallest absolute Gasteiger partial charge is 0.578 e. The lowest BCUT2D eigenvalue weighted by atomic mass is 10.1. The number of carbonyl (C=O) groups is 2. The van der Waals surface area contributed by atoms with E-state index in [1.807, 2.05) is 0 Å². The number of nitrogens with zero attached hydrogens (tertiary/aromatic N) is 2. The van der Waals surface area contributed by atoms with Crippen molar-refractivity contribution in [3.63, 3.8) is 0 Å². The molecule has 1 unspecified atom stereocenters. The highest BCUT2D eigenvalue weighted by Gasteiger charge is 2.47. The van der Waals surface area contributed by atoms with Crippen LogP contribution >= 0.6 is 27.5 Å². The normalized spacial score (nSPS) is 12.2. The molecule has 3 aromatic rings. The van der Waals surface area contributed by atoms with Crippen LogP contribution in [0.4, 0.5) is 24.5 Å². The molecule has 1 N–H and O–H groups in total. The topological polar surface area (TPSA) is 85.4 Å². The Morgan fingerprint density at radius 1 is 1.18 bits per heavy atom. The van der Waals surface area contributed by atoms with Crippen molar-refractivity contribution in [3.8, 4) is 0 Å². The Labute approximate surface area is 209 Å². The summed E-state index contributed by atoms with van der Waals surface area (Å²) in [6.45, 7) is 1.54. The second kappa shape index (κ2) is 10.3. The number of amides is 2. The molecule has 6 nitrogen and oxygen atoms in total. The first-order chi connectivity index (χ1) is 15.9. The molecule has 3 rings (SSSR count). The Kier molecular flexibility index (Phi) is 7.91. The number of hydrogen-bond donors (Lipinski definition) is 1. The van der Waals surface area contributed by atoms with E-state index in [0.29, 0.717) is 11.3 Å². The molecule has 0 aliphatic carbocycles. The van der Waals surface area contributed by atoms with E-state index in [2.05, 4.69) is 26.2 Å². The molecule has 0 spiro atoms. The van der Waals surface area contributed by atoms with Crippen molar-refractivity contribution in [3.05, 3.63) is 81.0 Å². The Balaban J connectivity index is 1.91. The lowest BCUT2D eigenvalue weighted by Gasteiger charge is -2.19. The van der Waals surface area contributed by atoms with Gasteiger partial charge in [0.2, 0.25) is 0 Å². The standard InChI is InChI=1S/C22H16BrClF3N3O3S/c1-12-9-16(23)18(17(10-12)34(33)22(25,26)27)29-20(31)13-5-3-6-14(11-13)30(2)21(32)15-7-4-8-28-19(15)24/h3-11H,1-2H3,(H,29,31). The SMILES string of the molecule is Cc1cc(Br)c(NC(=O)c2cccc(N(C)C(=O)c3cccnc3Cl)c2)c([S+]([O-])C(F)(F)F)c1. The van der Waals surface area contributed by atoms with Crippen molar-refractivity contribution in [2.45, 2.75) is 17.3 Å². The average Bonchev–Trinajstić information content (AvgIpc) is 2.78. The molecular formula is C22H16BrClF3N3O3S. The fraction of sp³-hybridized carbons (Fsp3) is 0.136. The van der Waals surface area contributed by atoms with Crippen molar-refractivity contribution in [1.82, 2.24) is 4.98 Å². The van der Waals surface area contributed by atoms with Crippen LogP contribution in [-0.4, -0.2) is 33.9 Å². The van der Waals surface area contributed by atoms with Crippen molar-refractivity contribution >= 4 is 61.9 Å². The predicted octanol–water partition coefficient (Wildman–Crippen LogP) is 5.96. The number of alkyl halides is 3. The maximum absolute atomic E-state index is 13.1. The number of benzene rings is 2. The van der Waals surface area contributed by atoms with E-state index in [1.165, 1.54) is 55.4 Å². The molecule has 0 aliphatic heterocycles. The zero-order chi connectivity index (χ0) is 25.2. The second-order valence-corrected chi connectivity index (χ2v) is 9.70. The van der Waals surface area contributed by atoms with Gasteiger partial charge in [0.25, 0.3) is 11.8 Å². The largest absolute Gasteiger partial charge is 0.604 e. The van der Waals surface area contributed by atoms with E-state index in [4.69, 9.17) is 11.6 Å². The van der Waals surface area contributed by atoms with E-state index < -0.39 is 33.4 Å². The van der Waals surface area contributed by atoms with E-state index in [1.54, 1.807) is 12.1 Å². The van der Waals surface area contributed by atoms with E-state index in [0.717, 1.165) is 6.07 Å². The Morgan fingerprint density at radius 3 is 2.53 bits per heavy atom. The van der Waals surface area contributed by atoms with Gasteiger partial charge >= 0.3 is 5.51 Å². The first-order valence-corrected chi connectivity index (χ1v) is 11.8. The monoisotopic (exact) mass is 573 g/mol. The maximum atomic E-state index is 13.1. The molecule has 178 valence electrons. The minimum absolute atomic E-state index is 0.0164. The summed E-state index contributed by atoms with van der Waals surface area (Å²) in [6, 6.07) is 11.6. The number of rotatable bonds is 5. The highest BCUT2D eigenvalue weighted by atomic mass is 79.9. The van der Waals surface area contributed by atoms with Crippen LogP contribution < -0.4 is 10.2 Å². The quantitative estimate of drug-likeness (QED) is 0.301. The van der Waals surface area contributed by atoms with Gasteiger partial charge in [-0.05, 0) is 70.9 Å². The van der Waals surface area contributed by atoms with Crippen molar-refractivity contribution in [2.24, 2.45) is 0 Å². The van der Waals surface area contributed by atoms with Crippen LogP contribution in [0.25, 0.3) is 0 Å². The van der Waals surface area contributed by atoms with Crippen LogP contribution in [-0.2, 0) is 11.2 Å². The highest BCUT2D eigenvalue weighted by Crippen LogP contribution is 2.39. The molecule has 0 fully saturated rings. The number of anilines is 2. The fourth-order valence-corrected chi connectivity index (χ4v) is 4.88. The molecule has 0 bridgehead atoms. The van der Waals surface area contributed by atoms with E-state index >= 15 is 0 Å². The van der Waals surface area contributed by atoms with Crippen LogP contribution in [0.3, 0.4) is 0 Å². The molecule has 0 aliphatic rings. The van der Waals surface area contributed by atoms with E-state index in [-0.39, 0.29) is 26.4 Å². The predicted molar refractivity (Wildman–Crippen MR) is 128 cm³/mol. The zero-order valence-electron chi connectivity index (χ0n) is 17.6. The lowest BCUT2D eigenvalue weighted by molar-refractivity contribution is -0.0435. The van der Waals surface area contributed by atoms with Crippen molar-refractivity contribution in [2.75, 3.05) is 17.3 Å². The summed E-state index contributed by atoms with van der Waals surface area (Å²) in [5.74, 6) is -1.23. The number of pyridine rings is 1. The number of carbonyl (C=O) groups excluding carboxylic acids is 2. The summed E-state index contributed by atoms with van der Waals surface area (Å²) < 4.78 is 51.6. The number of nitrogens with one attached hydrogen (secondary N) is 1. The molecule has 0 saturated heterocycles.